The van der Waals surface area contributed by atoms with Crippen LogP contribution in [-0.2, 0) is 12.8 Å². The Morgan fingerprint density at radius 1 is 1.32 bits per heavy atom. The first kappa shape index (κ1) is 14.8. The minimum absolute atomic E-state index is 0.387. The average Bonchev–Trinajstić information content (AvgIpc) is 2.37. The lowest BCUT2D eigenvalue weighted by molar-refractivity contribution is 0.256. The zero-order valence-corrected chi connectivity index (χ0v) is 11.5. The fraction of sp³-hybridized carbons (Fsp3) is 0.385. The number of hydrogen-bond acceptors (Lipinski definition) is 3. The molecule has 0 bridgehead atoms. The molecule has 5 N–H and O–H groups in total. The Morgan fingerprint density at radius 2 is 1.84 bits per heavy atom. The number of ether oxygens (including phenoxy) is 1. The van der Waals surface area contributed by atoms with Crippen LogP contribution in [0, 0.1) is 5.41 Å². The van der Waals surface area contributed by atoms with Crippen molar-refractivity contribution in [3.05, 3.63) is 23.3 Å². The number of urea groups is 1. The Hall–Kier alpha value is -2.24. The molecule has 0 aliphatic carbocycles. The van der Waals surface area contributed by atoms with E-state index in [0.717, 1.165) is 35.4 Å². The summed E-state index contributed by atoms with van der Waals surface area (Å²) in [4.78, 5) is 11.6. The fourth-order valence-corrected chi connectivity index (χ4v) is 1.84. The summed E-state index contributed by atoms with van der Waals surface area (Å²) in [5, 5.41) is 12.0. The lowest BCUT2D eigenvalue weighted by Crippen LogP contribution is -2.39. The van der Waals surface area contributed by atoms with E-state index in [1.807, 2.05) is 26.0 Å². The van der Waals surface area contributed by atoms with Crippen molar-refractivity contribution < 1.29 is 9.53 Å². The van der Waals surface area contributed by atoms with Crippen molar-refractivity contribution in [2.75, 3.05) is 12.4 Å². The van der Waals surface area contributed by atoms with Gasteiger partial charge in [-0.1, -0.05) is 13.8 Å². The zero-order valence-electron chi connectivity index (χ0n) is 11.5. The lowest BCUT2D eigenvalue weighted by Gasteiger charge is -2.16. The van der Waals surface area contributed by atoms with Crippen LogP contribution in [0.15, 0.2) is 12.1 Å². The minimum Gasteiger partial charge on any atom is -0.497 e. The highest BCUT2D eigenvalue weighted by atomic mass is 16.5. The number of hydrogen-bond donors (Lipinski definition) is 4. The second kappa shape index (κ2) is 6.63. The number of aryl methyl sites for hydroxylation is 2. The number of anilines is 1. The van der Waals surface area contributed by atoms with E-state index in [-0.39, 0.29) is 5.96 Å². The lowest BCUT2D eigenvalue weighted by atomic mass is 10.0. The molecule has 0 spiro atoms. The van der Waals surface area contributed by atoms with Crippen LogP contribution in [-0.4, -0.2) is 19.1 Å². The van der Waals surface area contributed by atoms with Crippen molar-refractivity contribution in [2.45, 2.75) is 26.7 Å². The molecule has 6 heteroatoms. The van der Waals surface area contributed by atoms with Crippen molar-refractivity contribution in [2.24, 2.45) is 5.73 Å². The predicted molar refractivity (Wildman–Crippen MR) is 75.8 cm³/mol. The highest BCUT2D eigenvalue weighted by Crippen LogP contribution is 2.28. The van der Waals surface area contributed by atoms with Gasteiger partial charge in [-0.2, -0.15) is 0 Å². The fourth-order valence-electron chi connectivity index (χ4n) is 1.84. The van der Waals surface area contributed by atoms with E-state index in [0.29, 0.717) is 0 Å². The molecule has 0 aromatic heterocycles. The molecule has 0 radical (unpaired) electrons. The summed E-state index contributed by atoms with van der Waals surface area (Å²) in [6, 6.07) is 3.27. The normalized spacial score (nSPS) is 9.84. The SMILES string of the molecule is CCc1cc(OC)cc(CC)c1NC(=O)NC(=N)N. The number of amides is 2. The molecule has 104 valence electrons. The topological polar surface area (TPSA) is 100 Å². The van der Waals surface area contributed by atoms with Crippen molar-refractivity contribution in [3.63, 3.8) is 0 Å². The van der Waals surface area contributed by atoms with Gasteiger partial charge in [0.15, 0.2) is 5.96 Å². The predicted octanol–water partition coefficient (Wildman–Crippen LogP) is 1.83. The van der Waals surface area contributed by atoms with Crippen LogP contribution >= 0.6 is 0 Å². The van der Waals surface area contributed by atoms with E-state index in [9.17, 15) is 4.79 Å². The summed E-state index contributed by atoms with van der Waals surface area (Å²) < 4.78 is 5.24. The summed E-state index contributed by atoms with van der Waals surface area (Å²) in [6.45, 7) is 4.00. The number of nitrogens with two attached hydrogens (primary N) is 1. The molecule has 0 aliphatic rings. The maximum Gasteiger partial charge on any atom is 0.325 e. The molecule has 1 rings (SSSR count). The van der Waals surface area contributed by atoms with Crippen LogP contribution in [0.1, 0.15) is 25.0 Å². The van der Waals surface area contributed by atoms with E-state index in [1.54, 1.807) is 7.11 Å². The van der Waals surface area contributed by atoms with Gasteiger partial charge in [0.2, 0.25) is 0 Å². The second-order valence-electron chi connectivity index (χ2n) is 4.02. The Morgan fingerprint density at radius 3 is 2.21 bits per heavy atom. The molecule has 0 atom stereocenters. The van der Waals surface area contributed by atoms with E-state index in [4.69, 9.17) is 15.9 Å². The molecule has 2 amide bonds. The molecule has 0 heterocycles. The zero-order chi connectivity index (χ0) is 14.4. The van der Waals surface area contributed by atoms with Gasteiger partial charge in [-0.05, 0) is 36.1 Å². The maximum atomic E-state index is 11.6. The molecule has 0 saturated heterocycles. The van der Waals surface area contributed by atoms with Gasteiger partial charge in [-0.15, -0.1) is 0 Å². The molecule has 0 unspecified atom stereocenters. The van der Waals surface area contributed by atoms with E-state index in [1.165, 1.54) is 0 Å². The molecule has 19 heavy (non-hydrogen) atoms. The van der Waals surface area contributed by atoms with Crippen LogP contribution < -0.4 is 21.1 Å². The molecule has 6 nitrogen and oxygen atoms in total. The third-order valence-corrected chi connectivity index (χ3v) is 2.76. The highest BCUT2D eigenvalue weighted by Gasteiger charge is 2.12. The summed E-state index contributed by atoms with van der Waals surface area (Å²) in [7, 11) is 1.61. The first-order valence-corrected chi connectivity index (χ1v) is 6.13. The van der Waals surface area contributed by atoms with Gasteiger partial charge in [0.1, 0.15) is 5.75 Å². The Balaban J connectivity index is 3.10. The number of benzene rings is 1. The van der Waals surface area contributed by atoms with Gasteiger partial charge in [0.25, 0.3) is 0 Å². The number of rotatable bonds is 4. The van der Waals surface area contributed by atoms with E-state index >= 15 is 0 Å². The third-order valence-electron chi connectivity index (χ3n) is 2.76. The largest absolute Gasteiger partial charge is 0.497 e. The smallest absolute Gasteiger partial charge is 0.325 e. The minimum atomic E-state index is -0.512. The van der Waals surface area contributed by atoms with Crippen molar-refractivity contribution in [3.8, 4) is 5.75 Å². The van der Waals surface area contributed by atoms with E-state index in [2.05, 4.69) is 10.6 Å². The number of guanidine groups is 1. The van der Waals surface area contributed by atoms with Gasteiger partial charge in [0, 0.05) is 5.69 Å². The monoisotopic (exact) mass is 264 g/mol. The van der Waals surface area contributed by atoms with Gasteiger partial charge in [-0.3, -0.25) is 10.7 Å². The summed E-state index contributed by atoms with van der Waals surface area (Å²) in [5.41, 5.74) is 7.84. The summed E-state index contributed by atoms with van der Waals surface area (Å²) in [6.07, 6.45) is 1.53. The van der Waals surface area contributed by atoms with Crippen molar-refractivity contribution in [1.82, 2.24) is 5.32 Å². The quantitative estimate of drug-likeness (QED) is 0.493. The van der Waals surface area contributed by atoms with Crippen LogP contribution in [0.4, 0.5) is 10.5 Å². The summed E-state index contributed by atoms with van der Waals surface area (Å²) in [5.74, 6) is 0.383. The molecule has 1 aromatic carbocycles. The maximum absolute atomic E-state index is 11.6. The van der Waals surface area contributed by atoms with Crippen LogP contribution in [0.3, 0.4) is 0 Å². The van der Waals surface area contributed by atoms with E-state index < -0.39 is 6.03 Å². The number of carbonyl (C=O) groups excluding carboxylic acids is 1. The molecular formula is C13H20N4O2. The standard InChI is InChI=1S/C13H20N4O2/c1-4-8-6-10(19-3)7-9(5-2)11(8)16-13(18)17-12(14)15/h6-7H,4-5H2,1-3H3,(H5,14,15,16,17,18). The number of methoxy groups -OCH3 is 1. The number of carbonyl (C=O) groups is 1. The Kier molecular flexibility index (Phi) is 5.17. The van der Waals surface area contributed by atoms with Crippen LogP contribution in [0.25, 0.3) is 0 Å². The third kappa shape index (κ3) is 3.87. The van der Waals surface area contributed by atoms with Crippen molar-refractivity contribution >= 4 is 17.7 Å². The summed E-state index contributed by atoms with van der Waals surface area (Å²) >= 11 is 0. The van der Waals surface area contributed by atoms with Gasteiger partial charge < -0.3 is 15.8 Å². The highest BCUT2D eigenvalue weighted by molar-refractivity contribution is 6.01. The van der Waals surface area contributed by atoms with Crippen molar-refractivity contribution in [1.29, 1.82) is 5.41 Å². The average molecular weight is 264 g/mol. The molecule has 0 saturated carbocycles. The molecule has 0 fully saturated rings. The van der Waals surface area contributed by atoms with Crippen LogP contribution in [0.5, 0.6) is 5.75 Å². The number of nitrogens with one attached hydrogen (secondary N) is 3. The molecule has 1 aromatic rings. The molecule has 0 aliphatic heterocycles. The van der Waals surface area contributed by atoms with Gasteiger partial charge >= 0.3 is 6.03 Å². The van der Waals surface area contributed by atoms with Gasteiger partial charge in [-0.25, -0.2) is 4.79 Å². The van der Waals surface area contributed by atoms with Crippen LogP contribution in [0.2, 0.25) is 0 Å². The Bertz CT molecular complexity index is 461. The molecular weight excluding hydrogens is 244 g/mol. The second-order valence-corrected chi connectivity index (χ2v) is 4.02. The van der Waals surface area contributed by atoms with Gasteiger partial charge in [0.05, 0.1) is 7.11 Å². The first-order chi connectivity index (χ1) is 9.01. The first-order valence-electron chi connectivity index (χ1n) is 6.13. The Labute approximate surface area is 112 Å².